The zero-order valence-electron chi connectivity index (χ0n) is 33.0. The van der Waals surface area contributed by atoms with E-state index in [0.29, 0.717) is 51.1 Å². The summed E-state index contributed by atoms with van der Waals surface area (Å²) in [5, 5.41) is 11.3. The van der Waals surface area contributed by atoms with Gasteiger partial charge in [0.15, 0.2) is 0 Å². The number of rotatable bonds is 12. The first-order chi connectivity index (χ1) is 27.1. The molecule has 304 valence electrons. The van der Waals surface area contributed by atoms with Gasteiger partial charge in [-0.1, -0.05) is 41.4 Å². The molecule has 0 unspecified atom stereocenters. The third-order valence-corrected chi connectivity index (χ3v) is 11.1. The maximum atomic E-state index is 13.0. The van der Waals surface area contributed by atoms with Crippen LogP contribution in [0.3, 0.4) is 0 Å². The van der Waals surface area contributed by atoms with Crippen LogP contribution in [0.25, 0.3) is 0 Å². The van der Waals surface area contributed by atoms with Crippen molar-refractivity contribution in [3.8, 4) is 5.75 Å². The number of benzene rings is 4. The second kappa shape index (κ2) is 17.7. The standard InChI is InChI=1S/C22H23ClN2O3S.C21H21ClN2O4S/c1-14-11-16(5-10-20(14)24-29(4,27)28)13-19-12-15(2)21(25(19)3)22(26)17-6-8-18(23)9-7-17;1-13-10-17(11-14-4-9-18(19(25)12-14)23-29(3,27)28)24(2)20(13)21(26)15-5-7-16(22)8-6-15/h5-12,24H,13H2,1-4H3;4-10,12,23,25H,11H2,1-3H3. The number of nitrogens with one attached hydrogen (secondary N) is 2. The minimum Gasteiger partial charge on any atom is -0.506 e. The van der Waals surface area contributed by atoms with Crippen molar-refractivity contribution >= 4 is 66.2 Å². The lowest BCUT2D eigenvalue weighted by Gasteiger charge is -2.11. The summed E-state index contributed by atoms with van der Waals surface area (Å²) in [6.45, 7) is 5.67. The molecule has 0 saturated heterocycles. The fourth-order valence-electron chi connectivity index (χ4n) is 6.67. The highest BCUT2D eigenvalue weighted by Gasteiger charge is 2.21. The van der Waals surface area contributed by atoms with Crippen LogP contribution in [0.1, 0.15) is 71.3 Å². The summed E-state index contributed by atoms with van der Waals surface area (Å²) in [5.41, 5.74) is 9.39. The van der Waals surface area contributed by atoms with Crippen molar-refractivity contribution in [2.45, 2.75) is 33.6 Å². The van der Waals surface area contributed by atoms with Crippen LogP contribution in [0.15, 0.2) is 97.1 Å². The molecule has 0 radical (unpaired) electrons. The van der Waals surface area contributed by atoms with Gasteiger partial charge >= 0.3 is 0 Å². The molecule has 11 nitrogen and oxygen atoms in total. The molecule has 0 spiro atoms. The fraction of sp³-hybridized carbons (Fsp3) is 0.209. The van der Waals surface area contributed by atoms with Crippen molar-refractivity contribution in [3.05, 3.63) is 169 Å². The van der Waals surface area contributed by atoms with Gasteiger partial charge in [0.2, 0.25) is 31.6 Å². The SMILES string of the molecule is Cc1cc(Cc2cc(C)c(C(=O)c3ccc(Cl)cc3)n2C)ccc1NS(C)(=O)=O.Cc1cc(Cc2ccc(NS(C)(=O)=O)c(O)c2)n(C)c1C(=O)c1ccc(Cl)cc1. The summed E-state index contributed by atoms with van der Waals surface area (Å²) in [5.74, 6) is -0.295. The first-order valence-electron chi connectivity index (χ1n) is 17.9. The lowest BCUT2D eigenvalue weighted by atomic mass is 10.1. The van der Waals surface area contributed by atoms with Crippen molar-refractivity contribution in [2.24, 2.45) is 14.1 Å². The molecular weight excluding hydrogens is 820 g/mol. The number of aromatic hydroxyl groups is 1. The van der Waals surface area contributed by atoms with Gasteiger partial charge in [-0.15, -0.1) is 0 Å². The van der Waals surface area contributed by atoms with E-state index < -0.39 is 20.0 Å². The van der Waals surface area contributed by atoms with Gasteiger partial charge in [0.25, 0.3) is 0 Å². The molecule has 0 saturated carbocycles. The van der Waals surface area contributed by atoms with E-state index >= 15 is 0 Å². The average molecular weight is 864 g/mol. The summed E-state index contributed by atoms with van der Waals surface area (Å²) >= 11 is 11.8. The Morgan fingerprint density at radius 2 is 0.948 bits per heavy atom. The number of hydrogen-bond acceptors (Lipinski definition) is 7. The van der Waals surface area contributed by atoms with Gasteiger partial charge in [-0.25, -0.2) is 16.8 Å². The van der Waals surface area contributed by atoms with Crippen LogP contribution in [0.4, 0.5) is 11.4 Å². The zero-order chi connectivity index (χ0) is 42.7. The summed E-state index contributed by atoms with van der Waals surface area (Å²) in [6, 6.07) is 28.0. The number of carbonyl (C=O) groups is 2. The third kappa shape index (κ3) is 11.0. The maximum absolute atomic E-state index is 13.0. The van der Waals surface area contributed by atoms with Crippen molar-refractivity contribution in [2.75, 3.05) is 22.0 Å². The number of ketones is 2. The highest BCUT2D eigenvalue weighted by atomic mass is 35.5. The molecule has 2 aromatic heterocycles. The molecular formula is C43H44Cl2N4O7S2. The number of nitrogens with zero attached hydrogens (tertiary/aromatic N) is 2. The van der Waals surface area contributed by atoms with Crippen LogP contribution >= 0.6 is 23.2 Å². The summed E-state index contributed by atoms with van der Waals surface area (Å²) < 4.78 is 54.2. The van der Waals surface area contributed by atoms with Crippen LogP contribution in [0, 0.1) is 20.8 Å². The largest absolute Gasteiger partial charge is 0.506 e. The van der Waals surface area contributed by atoms with Crippen LogP contribution < -0.4 is 9.44 Å². The monoisotopic (exact) mass is 862 g/mol. The van der Waals surface area contributed by atoms with E-state index in [1.54, 1.807) is 60.7 Å². The molecule has 6 rings (SSSR count). The quantitative estimate of drug-likeness (QED) is 0.0825. The summed E-state index contributed by atoms with van der Waals surface area (Å²) in [6.07, 6.45) is 3.25. The van der Waals surface area contributed by atoms with E-state index in [-0.39, 0.29) is 23.0 Å². The number of phenols is 1. The number of halogens is 2. The predicted molar refractivity (Wildman–Crippen MR) is 232 cm³/mol. The fourth-order valence-corrected chi connectivity index (χ4v) is 8.12. The van der Waals surface area contributed by atoms with E-state index in [1.165, 1.54) is 12.1 Å². The normalized spacial score (nSPS) is 11.5. The van der Waals surface area contributed by atoms with Crippen molar-refractivity contribution < 1.29 is 31.5 Å². The van der Waals surface area contributed by atoms with Crippen LogP contribution in [0.2, 0.25) is 10.0 Å². The lowest BCUT2D eigenvalue weighted by Crippen LogP contribution is -2.11. The number of anilines is 2. The molecule has 0 aliphatic heterocycles. The van der Waals surface area contributed by atoms with E-state index in [0.717, 1.165) is 51.7 Å². The van der Waals surface area contributed by atoms with Gasteiger partial charge in [0.1, 0.15) is 5.75 Å². The summed E-state index contributed by atoms with van der Waals surface area (Å²) in [4.78, 5) is 25.9. The van der Waals surface area contributed by atoms with Gasteiger partial charge in [-0.05, 0) is 127 Å². The van der Waals surface area contributed by atoms with Gasteiger partial charge in [-0.2, -0.15) is 0 Å². The molecule has 3 N–H and O–H groups in total. The third-order valence-electron chi connectivity index (χ3n) is 9.40. The highest BCUT2D eigenvalue weighted by Crippen LogP contribution is 2.28. The molecule has 0 atom stereocenters. The first kappa shape index (κ1) is 43.8. The van der Waals surface area contributed by atoms with E-state index in [4.69, 9.17) is 23.2 Å². The number of phenolic OH excluding ortho intramolecular Hbond substituents is 1. The first-order valence-corrected chi connectivity index (χ1v) is 22.4. The Morgan fingerprint density at radius 1 is 0.569 bits per heavy atom. The van der Waals surface area contributed by atoms with Gasteiger partial charge in [0.05, 0.1) is 35.3 Å². The minimum atomic E-state index is -3.48. The molecule has 0 aliphatic carbocycles. The van der Waals surface area contributed by atoms with E-state index in [2.05, 4.69) is 9.44 Å². The second-order valence-corrected chi connectivity index (χ2v) is 18.6. The van der Waals surface area contributed by atoms with Gasteiger partial charge < -0.3 is 14.2 Å². The predicted octanol–water partition coefficient (Wildman–Crippen LogP) is 8.37. The number of aromatic nitrogens is 2. The van der Waals surface area contributed by atoms with Crippen LogP contribution in [-0.2, 0) is 47.0 Å². The average Bonchev–Trinajstić information content (AvgIpc) is 3.57. The Kier molecular flexibility index (Phi) is 13.3. The Labute approximate surface area is 349 Å². The van der Waals surface area contributed by atoms with Crippen molar-refractivity contribution in [1.29, 1.82) is 0 Å². The number of carbonyl (C=O) groups excluding carboxylic acids is 2. The molecule has 58 heavy (non-hydrogen) atoms. The van der Waals surface area contributed by atoms with E-state index in [1.807, 2.05) is 68.3 Å². The molecule has 2 heterocycles. The highest BCUT2D eigenvalue weighted by molar-refractivity contribution is 7.92. The molecule has 0 fully saturated rings. The maximum Gasteiger partial charge on any atom is 0.229 e. The van der Waals surface area contributed by atoms with Crippen LogP contribution in [-0.4, -0.2) is 55.2 Å². The molecule has 6 aromatic rings. The molecule has 0 amide bonds. The Morgan fingerprint density at radius 3 is 1.33 bits per heavy atom. The molecule has 0 bridgehead atoms. The topological polar surface area (TPSA) is 157 Å². The van der Waals surface area contributed by atoms with Crippen molar-refractivity contribution in [1.82, 2.24) is 9.13 Å². The van der Waals surface area contributed by atoms with Gasteiger partial charge in [-0.3, -0.25) is 19.0 Å². The molecule has 0 aliphatic rings. The van der Waals surface area contributed by atoms with Crippen LogP contribution in [0.5, 0.6) is 5.75 Å². The minimum absolute atomic E-state index is 0.0446. The number of sulfonamides is 2. The summed E-state index contributed by atoms with van der Waals surface area (Å²) in [7, 11) is -3.09. The lowest BCUT2D eigenvalue weighted by molar-refractivity contribution is 0.102. The zero-order valence-corrected chi connectivity index (χ0v) is 36.2. The molecule has 15 heteroatoms. The van der Waals surface area contributed by atoms with Gasteiger partial charge in [0, 0.05) is 59.5 Å². The van der Waals surface area contributed by atoms with Crippen molar-refractivity contribution in [3.63, 3.8) is 0 Å². The number of aryl methyl sites for hydroxylation is 3. The molecule has 4 aromatic carbocycles. The van der Waals surface area contributed by atoms with E-state index in [9.17, 15) is 31.5 Å². The Balaban J connectivity index is 0.000000221. The smallest absolute Gasteiger partial charge is 0.229 e. The Hall–Kier alpha value is -5.34. The second-order valence-electron chi connectivity index (χ2n) is 14.2. The Bertz CT molecular complexity index is 2550. The number of hydrogen-bond donors (Lipinski definition) is 3.